The smallest absolute Gasteiger partial charge is 0.265 e. The standard InChI is InChI=1S/C22H28N2O4/c1-14-12-15(2)16(3)20(13-14)28-17(4)21(25)24-19-9-7-6-8-18(19)22(26)23-10-11-27-5/h6-9,12-13,17H,10-11H2,1-5H3,(H,23,26)(H,24,25)/t17-/m0/s1. The maximum atomic E-state index is 12.6. The SMILES string of the molecule is COCCNC(=O)c1ccccc1NC(=O)[C@H](C)Oc1cc(C)cc(C)c1C. The van der Waals surface area contributed by atoms with Crippen LogP contribution in [0.1, 0.15) is 34.0 Å². The van der Waals surface area contributed by atoms with Gasteiger partial charge in [-0.2, -0.15) is 0 Å². The number of benzene rings is 2. The summed E-state index contributed by atoms with van der Waals surface area (Å²) in [6.45, 7) is 8.46. The van der Waals surface area contributed by atoms with Crippen molar-refractivity contribution in [2.45, 2.75) is 33.8 Å². The number of amides is 2. The van der Waals surface area contributed by atoms with Crippen LogP contribution in [0.25, 0.3) is 0 Å². The molecule has 2 aromatic carbocycles. The van der Waals surface area contributed by atoms with E-state index in [0.29, 0.717) is 30.2 Å². The van der Waals surface area contributed by atoms with Gasteiger partial charge in [-0.15, -0.1) is 0 Å². The van der Waals surface area contributed by atoms with Gasteiger partial charge in [0.15, 0.2) is 6.10 Å². The fraction of sp³-hybridized carbons (Fsp3) is 0.364. The first-order chi connectivity index (χ1) is 13.3. The second kappa shape index (κ2) is 9.90. The third kappa shape index (κ3) is 5.57. The maximum Gasteiger partial charge on any atom is 0.265 e. The van der Waals surface area contributed by atoms with Gasteiger partial charge in [-0.05, 0) is 62.6 Å². The van der Waals surface area contributed by atoms with Crippen LogP contribution < -0.4 is 15.4 Å². The predicted molar refractivity (Wildman–Crippen MR) is 110 cm³/mol. The van der Waals surface area contributed by atoms with Crippen molar-refractivity contribution in [2.24, 2.45) is 0 Å². The number of ether oxygens (including phenoxy) is 2. The average Bonchev–Trinajstić information content (AvgIpc) is 2.66. The minimum atomic E-state index is -0.718. The number of carbonyl (C=O) groups is 2. The number of para-hydroxylation sites is 1. The molecule has 2 amide bonds. The molecule has 150 valence electrons. The van der Waals surface area contributed by atoms with Crippen LogP contribution in [0, 0.1) is 20.8 Å². The van der Waals surface area contributed by atoms with Gasteiger partial charge in [0.25, 0.3) is 11.8 Å². The summed E-state index contributed by atoms with van der Waals surface area (Å²) in [6.07, 6.45) is -0.718. The second-order valence-electron chi connectivity index (χ2n) is 6.75. The summed E-state index contributed by atoms with van der Waals surface area (Å²) in [5.41, 5.74) is 4.02. The number of aryl methyl sites for hydroxylation is 2. The van der Waals surface area contributed by atoms with Gasteiger partial charge in [0.2, 0.25) is 0 Å². The molecule has 0 aromatic heterocycles. The number of anilines is 1. The van der Waals surface area contributed by atoms with Crippen molar-refractivity contribution < 1.29 is 19.1 Å². The number of methoxy groups -OCH3 is 1. The highest BCUT2D eigenvalue weighted by molar-refractivity contribution is 6.04. The zero-order valence-electron chi connectivity index (χ0n) is 17.1. The van der Waals surface area contributed by atoms with E-state index in [4.69, 9.17) is 9.47 Å². The summed E-state index contributed by atoms with van der Waals surface area (Å²) in [4.78, 5) is 25.0. The van der Waals surface area contributed by atoms with Crippen LogP contribution >= 0.6 is 0 Å². The molecule has 0 unspecified atom stereocenters. The largest absolute Gasteiger partial charge is 0.481 e. The Morgan fingerprint density at radius 1 is 1.11 bits per heavy atom. The summed E-state index contributed by atoms with van der Waals surface area (Å²) in [5.74, 6) is 0.0909. The first-order valence-corrected chi connectivity index (χ1v) is 9.25. The predicted octanol–water partition coefficient (Wildman–Crippen LogP) is 3.39. The highest BCUT2D eigenvalue weighted by atomic mass is 16.5. The summed E-state index contributed by atoms with van der Waals surface area (Å²) >= 11 is 0. The van der Waals surface area contributed by atoms with Gasteiger partial charge in [0.05, 0.1) is 17.9 Å². The van der Waals surface area contributed by atoms with E-state index < -0.39 is 6.10 Å². The van der Waals surface area contributed by atoms with Gasteiger partial charge in [-0.3, -0.25) is 9.59 Å². The molecule has 6 nitrogen and oxygen atoms in total. The molecule has 2 rings (SSSR count). The summed E-state index contributed by atoms with van der Waals surface area (Å²) in [7, 11) is 1.57. The molecule has 0 aliphatic carbocycles. The summed E-state index contributed by atoms with van der Waals surface area (Å²) < 4.78 is 10.8. The molecule has 0 spiro atoms. The molecule has 0 fully saturated rings. The molecule has 0 saturated heterocycles. The monoisotopic (exact) mass is 384 g/mol. The van der Waals surface area contributed by atoms with Gasteiger partial charge in [-0.25, -0.2) is 0 Å². The molecule has 2 aromatic rings. The number of hydrogen-bond acceptors (Lipinski definition) is 4. The van der Waals surface area contributed by atoms with Crippen molar-refractivity contribution in [3.63, 3.8) is 0 Å². The maximum absolute atomic E-state index is 12.6. The molecule has 1 atom stereocenters. The lowest BCUT2D eigenvalue weighted by Gasteiger charge is -2.19. The highest BCUT2D eigenvalue weighted by Crippen LogP contribution is 2.25. The Morgan fingerprint density at radius 3 is 2.54 bits per heavy atom. The molecule has 0 saturated carbocycles. The zero-order valence-corrected chi connectivity index (χ0v) is 17.1. The molecule has 2 N–H and O–H groups in total. The topological polar surface area (TPSA) is 76.7 Å². The van der Waals surface area contributed by atoms with E-state index >= 15 is 0 Å². The van der Waals surface area contributed by atoms with Gasteiger partial charge in [0.1, 0.15) is 5.75 Å². The molecule has 28 heavy (non-hydrogen) atoms. The van der Waals surface area contributed by atoms with Crippen LogP contribution in [0.2, 0.25) is 0 Å². The van der Waals surface area contributed by atoms with Crippen LogP contribution in [0.15, 0.2) is 36.4 Å². The first-order valence-electron chi connectivity index (χ1n) is 9.25. The minimum absolute atomic E-state index is 0.272. The van der Waals surface area contributed by atoms with E-state index in [-0.39, 0.29) is 11.8 Å². The molecular formula is C22H28N2O4. The van der Waals surface area contributed by atoms with Crippen LogP contribution in [-0.2, 0) is 9.53 Å². The van der Waals surface area contributed by atoms with Crippen LogP contribution in [0.5, 0.6) is 5.75 Å². The van der Waals surface area contributed by atoms with Crippen molar-refractivity contribution in [1.29, 1.82) is 0 Å². The Morgan fingerprint density at radius 2 is 1.82 bits per heavy atom. The Balaban J connectivity index is 2.09. The van der Waals surface area contributed by atoms with E-state index in [9.17, 15) is 9.59 Å². The Labute approximate surface area is 166 Å². The first kappa shape index (κ1) is 21.4. The number of hydrogen-bond donors (Lipinski definition) is 2. The van der Waals surface area contributed by atoms with Crippen LogP contribution in [-0.4, -0.2) is 38.2 Å². The molecule has 0 aliphatic heterocycles. The van der Waals surface area contributed by atoms with E-state index in [0.717, 1.165) is 16.7 Å². The van der Waals surface area contributed by atoms with Crippen molar-refractivity contribution in [2.75, 3.05) is 25.6 Å². The second-order valence-corrected chi connectivity index (χ2v) is 6.75. The molecule has 0 heterocycles. The fourth-order valence-corrected chi connectivity index (χ4v) is 2.75. The lowest BCUT2D eigenvalue weighted by molar-refractivity contribution is -0.122. The van der Waals surface area contributed by atoms with Crippen molar-refractivity contribution >= 4 is 17.5 Å². The number of carbonyl (C=O) groups excluding carboxylic acids is 2. The fourth-order valence-electron chi connectivity index (χ4n) is 2.75. The van der Waals surface area contributed by atoms with Crippen LogP contribution in [0.4, 0.5) is 5.69 Å². The zero-order chi connectivity index (χ0) is 20.7. The Bertz CT molecular complexity index is 848. The average molecular weight is 384 g/mol. The van der Waals surface area contributed by atoms with Crippen LogP contribution in [0.3, 0.4) is 0 Å². The van der Waals surface area contributed by atoms with Gasteiger partial charge in [0, 0.05) is 13.7 Å². The quantitative estimate of drug-likeness (QED) is 0.684. The molecular weight excluding hydrogens is 356 g/mol. The van der Waals surface area contributed by atoms with Gasteiger partial charge < -0.3 is 20.1 Å². The third-order valence-corrected chi connectivity index (χ3v) is 4.46. The Hall–Kier alpha value is -2.86. The van der Waals surface area contributed by atoms with E-state index in [1.54, 1.807) is 38.3 Å². The summed E-state index contributed by atoms with van der Waals surface area (Å²) in [5, 5.41) is 5.55. The number of nitrogens with one attached hydrogen (secondary N) is 2. The van der Waals surface area contributed by atoms with Gasteiger partial charge in [-0.1, -0.05) is 18.2 Å². The lowest BCUT2D eigenvalue weighted by atomic mass is 10.1. The highest BCUT2D eigenvalue weighted by Gasteiger charge is 2.19. The lowest BCUT2D eigenvalue weighted by Crippen LogP contribution is -2.32. The van der Waals surface area contributed by atoms with E-state index in [2.05, 4.69) is 16.7 Å². The number of rotatable bonds is 8. The normalized spacial score (nSPS) is 11.6. The molecule has 0 radical (unpaired) electrons. The molecule has 6 heteroatoms. The molecule has 0 aliphatic rings. The minimum Gasteiger partial charge on any atom is -0.481 e. The van der Waals surface area contributed by atoms with Crippen molar-refractivity contribution in [3.8, 4) is 5.75 Å². The third-order valence-electron chi connectivity index (χ3n) is 4.46. The van der Waals surface area contributed by atoms with E-state index in [1.165, 1.54) is 0 Å². The van der Waals surface area contributed by atoms with Crippen molar-refractivity contribution in [3.05, 3.63) is 58.7 Å². The summed E-state index contributed by atoms with van der Waals surface area (Å²) in [6, 6.07) is 10.9. The Kier molecular flexibility index (Phi) is 7.58. The van der Waals surface area contributed by atoms with Crippen molar-refractivity contribution in [1.82, 2.24) is 5.32 Å². The molecule has 0 bridgehead atoms. The van der Waals surface area contributed by atoms with Gasteiger partial charge >= 0.3 is 0 Å². The van der Waals surface area contributed by atoms with E-state index in [1.807, 2.05) is 26.8 Å².